The Labute approximate surface area is 453 Å². The molecule has 2 rings (SSSR count). The van der Waals surface area contributed by atoms with Crippen LogP contribution < -0.4 is 71.2 Å². The van der Waals surface area contributed by atoms with Crippen LogP contribution in [0, 0.1) is 5.92 Å². The third-order valence-electron chi connectivity index (χ3n) is 11.7. The maximum Gasteiger partial charge on any atom is 0.326 e. The number of carbonyl (C=O) groups is 12. The molecule has 1 aromatic heterocycles. The second-order valence-electron chi connectivity index (χ2n) is 18.6. The Morgan fingerprint density at radius 1 is 0.608 bits per heavy atom. The fourth-order valence-electron chi connectivity index (χ4n) is 7.44. The molecule has 1 heterocycles. The highest BCUT2D eigenvalue weighted by molar-refractivity contribution is 5.98. The van der Waals surface area contributed by atoms with E-state index in [-0.39, 0.29) is 56.7 Å². The minimum atomic E-state index is -1.73. The molecule has 0 aliphatic rings. The Morgan fingerprint density at radius 3 is 1.70 bits per heavy atom. The molecular formula is C48H74N16O15. The number of hydrogen-bond donors (Lipinski definition) is 17. The number of nitrogens with two attached hydrogens (primary N) is 5. The molecule has 9 amide bonds. The Hall–Kier alpha value is -8.74. The van der Waals surface area contributed by atoms with Gasteiger partial charge < -0.3 is 91.5 Å². The third kappa shape index (κ3) is 26.2. The summed E-state index contributed by atoms with van der Waals surface area (Å²) in [4.78, 5) is 167. The molecule has 0 spiro atoms. The molecule has 2 aromatic rings. The molecule has 79 heavy (non-hydrogen) atoms. The van der Waals surface area contributed by atoms with Gasteiger partial charge in [0.2, 0.25) is 53.2 Å². The van der Waals surface area contributed by atoms with Crippen molar-refractivity contribution in [3.8, 4) is 0 Å². The van der Waals surface area contributed by atoms with E-state index in [1.807, 2.05) is 0 Å². The van der Waals surface area contributed by atoms with Crippen molar-refractivity contribution in [3.05, 3.63) is 54.1 Å². The monoisotopic (exact) mass is 1110 g/mol. The summed E-state index contributed by atoms with van der Waals surface area (Å²) in [5.41, 5.74) is 28.4. The Bertz CT molecular complexity index is 2420. The first-order valence-electron chi connectivity index (χ1n) is 25.2. The lowest BCUT2D eigenvalue weighted by Gasteiger charge is -2.27. The van der Waals surface area contributed by atoms with Gasteiger partial charge in [0.25, 0.3) is 0 Å². The van der Waals surface area contributed by atoms with E-state index in [9.17, 15) is 67.7 Å². The predicted octanol–water partition coefficient (Wildman–Crippen LogP) is -5.44. The maximum absolute atomic E-state index is 14.1. The van der Waals surface area contributed by atoms with Gasteiger partial charge in [-0.25, -0.2) is 9.78 Å². The van der Waals surface area contributed by atoms with Gasteiger partial charge in [0.05, 0.1) is 25.3 Å². The fraction of sp³-hybridized carbons (Fsp3) is 0.542. The van der Waals surface area contributed by atoms with Crippen LogP contribution >= 0.6 is 0 Å². The normalized spacial score (nSPS) is 13.9. The number of carboxylic acid groups (broad SMARTS) is 3. The smallest absolute Gasteiger partial charge is 0.326 e. The van der Waals surface area contributed by atoms with Crippen LogP contribution in [0.15, 0.2) is 47.8 Å². The first-order chi connectivity index (χ1) is 37.3. The Balaban J connectivity index is 2.36. The van der Waals surface area contributed by atoms with Gasteiger partial charge in [0, 0.05) is 44.1 Å². The molecule has 0 bridgehead atoms. The number of carbonyl (C=O) groups excluding carboxylic acids is 9. The molecule has 8 atom stereocenters. The molecule has 436 valence electrons. The molecule has 31 heteroatoms. The number of amides is 9. The van der Waals surface area contributed by atoms with Crippen molar-refractivity contribution in [2.75, 3.05) is 19.6 Å². The summed E-state index contributed by atoms with van der Waals surface area (Å²) in [5.74, 6) is -13.8. The number of carboxylic acids is 3. The number of imidazole rings is 1. The third-order valence-corrected chi connectivity index (χ3v) is 11.7. The van der Waals surface area contributed by atoms with Crippen LogP contribution in [0.1, 0.15) is 89.3 Å². The number of nitrogens with one attached hydrogen (secondary N) is 9. The topological polar surface area (TPSA) is 533 Å². The zero-order valence-electron chi connectivity index (χ0n) is 43.9. The zero-order valence-corrected chi connectivity index (χ0v) is 43.9. The van der Waals surface area contributed by atoms with Crippen molar-refractivity contribution in [1.29, 1.82) is 0 Å². The van der Waals surface area contributed by atoms with Gasteiger partial charge >= 0.3 is 17.9 Å². The number of aromatic amines is 1. The van der Waals surface area contributed by atoms with Crippen LogP contribution in [0.3, 0.4) is 0 Å². The maximum atomic E-state index is 14.1. The quantitative estimate of drug-likeness (QED) is 0.0169. The summed E-state index contributed by atoms with van der Waals surface area (Å²) in [6.07, 6.45) is 0.0312. The fourth-order valence-corrected chi connectivity index (χ4v) is 7.44. The lowest BCUT2D eigenvalue weighted by molar-refractivity contribution is -0.142. The second kappa shape index (κ2) is 34.8. The molecule has 0 aliphatic carbocycles. The highest BCUT2D eigenvalue weighted by Crippen LogP contribution is 2.11. The summed E-state index contributed by atoms with van der Waals surface area (Å²) >= 11 is 0. The van der Waals surface area contributed by atoms with E-state index in [1.165, 1.54) is 12.5 Å². The van der Waals surface area contributed by atoms with E-state index in [0.717, 1.165) is 0 Å². The number of unbranched alkanes of at least 4 members (excludes halogenated alkanes) is 1. The summed E-state index contributed by atoms with van der Waals surface area (Å²) in [5, 5.41) is 47.7. The number of rotatable bonds is 38. The van der Waals surface area contributed by atoms with E-state index >= 15 is 0 Å². The van der Waals surface area contributed by atoms with Gasteiger partial charge in [0.15, 0.2) is 5.96 Å². The predicted molar refractivity (Wildman–Crippen MR) is 280 cm³/mol. The average Bonchev–Trinajstić information content (AvgIpc) is 3.91. The second-order valence-corrected chi connectivity index (χ2v) is 18.6. The van der Waals surface area contributed by atoms with Gasteiger partial charge in [0.1, 0.15) is 42.3 Å². The van der Waals surface area contributed by atoms with Crippen molar-refractivity contribution in [3.63, 3.8) is 0 Å². The van der Waals surface area contributed by atoms with E-state index in [1.54, 1.807) is 44.2 Å². The van der Waals surface area contributed by atoms with Crippen molar-refractivity contribution in [2.45, 2.75) is 139 Å². The molecule has 0 saturated heterocycles. The molecule has 0 fully saturated rings. The Morgan fingerprint density at radius 2 is 1.14 bits per heavy atom. The molecule has 0 saturated carbocycles. The molecule has 1 aromatic carbocycles. The van der Waals surface area contributed by atoms with E-state index in [0.29, 0.717) is 24.9 Å². The lowest BCUT2D eigenvalue weighted by Crippen LogP contribution is -2.60. The molecule has 0 radical (unpaired) electrons. The molecule has 31 nitrogen and oxygen atoms in total. The number of guanidine groups is 1. The summed E-state index contributed by atoms with van der Waals surface area (Å²) in [6, 6.07) is -3.43. The van der Waals surface area contributed by atoms with Crippen molar-refractivity contribution >= 4 is 77.0 Å². The minimum Gasteiger partial charge on any atom is -0.481 e. The van der Waals surface area contributed by atoms with Crippen LogP contribution in [0.5, 0.6) is 0 Å². The standard InChI is InChI=1S/C48H74N16O15/c1-25(2)39(46(77)63-32(19-26-9-4-3-5-10-26)43(74)60-31(47(78)79)11-6-7-17-49)64-36(66)23-56-41(72)30(14-16-38(69)70)59-44(75)33(20-27-22-54-24-57-27)62-42(73)29(12-8-18-55-48(52)53)58-45(76)34(21-35(51)65)61-40(71)28(50)13-15-37(67)68/h3-5,9-10,22,24-25,28-34,39H,6-8,11-21,23,49-50H2,1-2H3,(H2,51,65)(H,54,57)(H,56,72)(H,58,76)(H,59,75)(H,60,74)(H,61,71)(H,62,73)(H,63,77)(H,64,66)(H,67,68)(H,69,70)(H,78,79)(H4,52,53,55)/t28-,29-,30-,31-,32-,33-,34-,39-/m0/s1. The summed E-state index contributed by atoms with van der Waals surface area (Å²) in [6.45, 7) is 2.58. The van der Waals surface area contributed by atoms with Crippen LogP contribution in [0.4, 0.5) is 0 Å². The summed E-state index contributed by atoms with van der Waals surface area (Å²) < 4.78 is 0. The van der Waals surface area contributed by atoms with E-state index in [2.05, 4.69) is 57.5 Å². The van der Waals surface area contributed by atoms with Crippen molar-refractivity contribution in [2.24, 2.45) is 39.6 Å². The summed E-state index contributed by atoms with van der Waals surface area (Å²) in [7, 11) is 0. The van der Waals surface area contributed by atoms with Crippen LogP contribution in [-0.2, 0) is 70.4 Å². The van der Waals surface area contributed by atoms with Gasteiger partial charge in [-0.2, -0.15) is 0 Å². The number of hydrogen-bond acceptors (Lipinski definition) is 16. The van der Waals surface area contributed by atoms with Crippen molar-refractivity contribution in [1.82, 2.24) is 52.5 Å². The average molecular weight is 1120 g/mol. The van der Waals surface area contributed by atoms with Gasteiger partial charge in [-0.15, -0.1) is 0 Å². The van der Waals surface area contributed by atoms with Gasteiger partial charge in [-0.05, 0) is 63.0 Å². The van der Waals surface area contributed by atoms with Crippen LogP contribution in [-0.4, -0.2) is 170 Å². The molecular weight excluding hydrogens is 1040 g/mol. The number of aliphatic imine (C=N–C) groups is 1. The van der Waals surface area contributed by atoms with Gasteiger partial charge in [-0.1, -0.05) is 44.2 Å². The Kier molecular flexibility index (Phi) is 29.3. The SMILES string of the molecule is CC(C)[C@H](NC(=O)CNC(=O)[C@H](CCC(=O)O)NC(=O)[C@H](Cc1cnc[nH]1)NC(=O)[C@H](CCCN=C(N)N)NC(=O)[C@H](CC(N)=O)NC(=O)[C@@H](N)CCC(=O)O)C(=O)N[C@@H](Cc1ccccc1)C(=O)N[C@@H](CCCCN)C(=O)O. The van der Waals surface area contributed by atoms with Crippen LogP contribution in [0.2, 0.25) is 0 Å². The number of H-pyrrole nitrogens is 1. The molecule has 22 N–H and O–H groups in total. The lowest BCUT2D eigenvalue weighted by atomic mass is 10.0. The van der Waals surface area contributed by atoms with E-state index in [4.69, 9.17) is 33.8 Å². The zero-order chi connectivity index (χ0) is 59.2. The minimum absolute atomic E-state index is 0.0192. The number of primary amides is 1. The first-order valence-corrected chi connectivity index (χ1v) is 25.2. The highest BCUT2D eigenvalue weighted by Gasteiger charge is 2.35. The number of aliphatic carboxylic acids is 3. The number of aromatic nitrogens is 2. The molecule has 0 unspecified atom stereocenters. The largest absolute Gasteiger partial charge is 0.481 e. The highest BCUT2D eigenvalue weighted by atomic mass is 16.4. The van der Waals surface area contributed by atoms with E-state index < -0.39 is 158 Å². The number of benzene rings is 1. The number of nitrogens with zero attached hydrogens (tertiary/aromatic N) is 2. The van der Waals surface area contributed by atoms with Gasteiger partial charge in [-0.3, -0.25) is 57.7 Å². The van der Waals surface area contributed by atoms with Crippen LogP contribution in [0.25, 0.3) is 0 Å². The molecule has 0 aliphatic heterocycles. The first kappa shape index (κ1) is 66.4. The van der Waals surface area contributed by atoms with Crippen molar-refractivity contribution < 1.29 is 72.9 Å².